The van der Waals surface area contributed by atoms with Crippen molar-refractivity contribution in [2.75, 3.05) is 13.1 Å². The molecule has 1 aliphatic heterocycles. The third kappa shape index (κ3) is 3.33. The molecule has 1 atom stereocenters. The van der Waals surface area contributed by atoms with Gasteiger partial charge >= 0.3 is 0 Å². The van der Waals surface area contributed by atoms with Crippen molar-refractivity contribution >= 4 is 10.2 Å². The number of aromatic nitrogens is 2. The van der Waals surface area contributed by atoms with Gasteiger partial charge < -0.3 is 5.73 Å². The lowest BCUT2D eigenvalue weighted by atomic mass is 10.1. The van der Waals surface area contributed by atoms with Crippen LogP contribution >= 0.6 is 0 Å². The summed E-state index contributed by atoms with van der Waals surface area (Å²) in [6.45, 7) is 1.15. The largest absolute Gasteiger partial charge is 0.329 e. The van der Waals surface area contributed by atoms with E-state index in [9.17, 15) is 8.42 Å². The van der Waals surface area contributed by atoms with E-state index < -0.39 is 10.2 Å². The van der Waals surface area contributed by atoms with E-state index >= 15 is 0 Å². The van der Waals surface area contributed by atoms with Crippen LogP contribution in [0.2, 0.25) is 0 Å². The normalized spacial score (nSPS) is 21.7. The maximum absolute atomic E-state index is 12.3. The molecule has 7 nitrogen and oxygen atoms in total. The zero-order chi connectivity index (χ0) is 13.9. The van der Waals surface area contributed by atoms with E-state index in [4.69, 9.17) is 5.73 Å². The van der Waals surface area contributed by atoms with Crippen LogP contribution in [0.1, 0.15) is 25.0 Å². The zero-order valence-corrected chi connectivity index (χ0v) is 11.9. The van der Waals surface area contributed by atoms with Crippen LogP contribution in [0.25, 0.3) is 0 Å². The minimum absolute atomic E-state index is 0.0854. The molecule has 2 heterocycles. The highest BCUT2D eigenvalue weighted by molar-refractivity contribution is 7.87. The van der Waals surface area contributed by atoms with Crippen LogP contribution in [-0.2, 0) is 23.8 Å². The quantitative estimate of drug-likeness (QED) is 0.768. The number of hydrogen-bond acceptors (Lipinski definition) is 4. The molecular formula is C11H21N5O2S. The molecule has 0 aromatic carbocycles. The monoisotopic (exact) mass is 287 g/mol. The second-order valence-electron chi connectivity index (χ2n) is 4.77. The van der Waals surface area contributed by atoms with Crippen LogP contribution in [0.4, 0.5) is 0 Å². The lowest BCUT2D eigenvalue weighted by molar-refractivity contribution is 0.254. The summed E-state index contributed by atoms with van der Waals surface area (Å²) in [5.74, 6) is 0. The van der Waals surface area contributed by atoms with Crippen molar-refractivity contribution in [2.45, 2.75) is 31.8 Å². The maximum Gasteiger partial charge on any atom is 0.280 e. The highest BCUT2D eigenvalue weighted by Gasteiger charge is 2.31. The molecule has 0 amide bonds. The van der Waals surface area contributed by atoms with Crippen LogP contribution in [0.15, 0.2) is 12.3 Å². The number of piperidine rings is 1. The lowest BCUT2D eigenvalue weighted by Crippen LogP contribution is -2.51. The second kappa shape index (κ2) is 6.00. The van der Waals surface area contributed by atoms with Crippen LogP contribution in [0, 0.1) is 0 Å². The fourth-order valence-corrected chi connectivity index (χ4v) is 3.80. The van der Waals surface area contributed by atoms with Crippen LogP contribution in [0.3, 0.4) is 0 Å². The standard InChI is InChI=1S/C11H21N5O2S/c1-15-11(5-6-13-15)9-14-19(17,18)16-7-3-2-4-10(16)8-12/h5-6,10,14H,2-4,7-9,12H2,1H3. The number of nitrogens with one attached hydrogen (secondary N) is 1. The van der Waals surface area contributed by atoms with Gasteiger partial charge in [0.05, 0.1) is 12.2 Å². The molecule has 1 unspecified atom stereocenters. The Morgan fingerprint density at radius 3 is 2.95 bits per heavy atom. The Morgan fingerprint density at radius 2 is 2.32 bits per heavy atom. The smallest absolute Gasteiger partial charge is 0.280 e. The first-order valence-corrected chi connectivity index (χ1v) is 7.92. The molecule has 19 heavy (non-hydrogen) atoms. The maximum atomic E-state index is 12.3. The summed E-state index contributed by atoms with van der Waals surface area (Å²) in [5.41, 5.74) is 6.48. The van der Waals surface area contributed by atoms with Crippen molar-refractivity contribution in [2.24, 2.45) is 12.8 Å². The Hall–Kier alpha value is -0.960. The molecule has 0 bridgehead atoms. The number of nitrogens with zero attached hydrogens (tertiary/aromatic N) is 3. The highest BCUT2D eigenvalue weighted by atomic mass is 32.2. The van der Waals surface area contributed by atoms with Gasteiger partial charge in [0, 0.05) is 32.4 Å². The van der Waals surface area contributed by atoms with E-state index in [2.05, 4.69) is 9.82 Å². The SMILES string of the molecule is Cn1nccc1CNS(=O)(=O)N1CCCCC1CN. The number of hydrogen-bond donors (Lipinski definition) is 2. The minimum Gasteiger partial charge on any atom is -0.329 e. The van der Waals surface area contributed by atoms with E-state index in [0.717, 1.165) is 25.0 Å². The van der Waals surface area contributed by atoms with Gasteiger partial charge in [-0.3, -0.25) is 4.68 Å². The molecule has 8 heteroatoms. The predicted molar refractivity (Wildman–Crippen MR) is 72.4 cm³/mol. The summed E-state index contributed by atoms with van der Waals surface area (Å²) in [5, 5.41) is 4.01. The third-order valence-corrected chi connectivity index (χ3v) is 5.12. The third-order valence-electron chi connectivity index (χ3n) is 3.51. The zero-order valence-electron chi connectivity index (χ0n) is 11.1. The Balaban J connectivity index is 2.03. The van der Waals surface area contributed by atoms with Crippen LogP contribution in [-0.4, -0.2) is 41.6 Å². The first-order chi connectivity index (χ1) is 9.04. The van der Waals surface area contributed by atoms with Gasteiger partial charge in [0.2, 0.25) is 0 Å². The van der Waals surface area contributed by atoms with Gasteiger partial charge in [-0.1, -0.05) is 6.42 Å². The van der Waals surface area contributed by atoms with E-state index in [1.807, 2.05) is 0 Å². The average molecular weight is 287 g/mol. The Labute approximate surface area is 113 Å². The molecule has 108 valence electrons. The summed E-state index contributed by atoms with van der Waals surface area (Å²) >= 11 is 0. The van der Waals surface area contributed by atoms with Gasteiger partial charge in [0.25, 0.3) is 10.2 Å². The Bertz CT molecular complexity index is 513. The lowest BCUT2D eigenvalue weighted by Gasteiger charge is -2.33. The van der Waals surface area contributed by atoms with Crippen molar-refractivity contribution in [1.29, 1.82) is 0 Å². The summed E-state index contributed by atoms with van der Waals surface area (Å²) < 4.78 is 30.3. The van der Waals surface area contributed by atoms with Crippen molar-refractivity contribution < 1.29 is 8.42 Å². The van der Waals surface area contributed by atoms with Gasteiger partial charge in [0.15, 0.2) is 0 Å². The second-order valence-corrected chi connectivity index (χ2v) is 6.48. The summed E-state index contributed by atoms with van der Waals surface area (Å²) in [7, 11) is -1.69. The average Bonchev–Trinajstić information content (AvgIpc) is 2.82. The molecule has 0 aliphatic carbocycles. The van der Waals surface area contributed by atoms with E-state index in [1.54, 1.807) is 24.0 Å². The molecule has 1 aliphatic rings. The van der Waals surface area contributed by atoms with Crippen molar-refractivity contribution in [3.8, 4) is 0 Å². The number of nitrogens with two attached hydrogens (primary N) is 1. The first kappa shape index (κ1) is 14.4. The molecule has 0 saturated carbocycles. The van der Waals surface area contributed by atoms with Gasteiger partial charge in [-0.2, -0.15) is 22.5 Å². The number of aryl methyl sites for hydroxylation is 1. The molecular weight excluding hydrogens is 266 g/mol. The molecule has 1 aromatic heterocycles. The topological polar surface area (TPSA) is 93.2 Å². The molecule has 0 spiro atoms. The highest BCUT2D eigenvalue weighted by Crippen LogP contribution is 2.19. The summed E-state index contributed by atoms with van der Waals surface area (Å²) in [6, 6.07) is 1.71. The van der Waals surface area contributed by atoms with Gasteiger partial charge in [0.1, 0.15) is 0 Å². The molecule has 2 rings (SSSR count). The summed E-state index contributed by atoms with van der Waals surface area (Å²) in [4.78, 5) is 0. The molecule has 0 radical (unpaired) electrons. The molecule has 1 fully saturated rings. The predicted octanol–water partition coefficient (Wildman–Crippen LogP) is -0.432. The van der Waals surface area contributed by atoms with Crippen LogP contribution < -0.4 is 10.5 Å². The fourth-order valence-electron chi connectivity index (χ4n) is 2.35. The van der Waals surface area contributed by atoms with Gasteiger partial charge in [-0.25, -0.2) is 0 Å². The molecule has 1 saturated heterocycles. The Morgan fingerprint density at radius 1 is 1.53 bits per heavy atom. The first-order valence-electron chi connectivity index (χ1n) is 6.48. The number of rotatable bonds is 5. The van der Waals surface area contributed by atoms with Gasteiger partial charge in [-0.05, 0) is 18.9 Å². The molecule has 3 N–H and O–H groups in total. The van der Waals surface area contributed by atoms with Crippen molar-refractivity contribution in [3.63, 3.8) is 0 Å². The fraction of sp³-hybridized carbons (Fsp3) is 0.727. The van der Waals surface area contributed by atoms with E-state index in [-0.39, 0.29) is 12.6 Å². The van der Waals surface area contributed by atoms with Crippen molar-refractivity contribution in [3.05, 3.63) is 18.0 Å². The van der Waals surface area contributed by atoms with E-state index in [0.29, 0.717) is 13.1 Å². The molecule has 1 aromatic rings. The van der Waals surface area contributed by atoms with Crippen molar-refractivity contribution in [1.82, 2.24) is 18.8 Å². The Kier molecular flexibility index (Phi) is 4.56. The van der Waals surface area contributed by atoms with Gasteiger partial charge in [-0.15, -0.1) is 0 Å². The van der Waals surface area contributed by atoms with E-state index in [1.165, 1.54) is 4.31 Å². The summed E-state index contributed by atoms with van der Waals surface area (Å²) in [6.07, 6.45) is 4.41. The minimum atomic E-state index is -3.48. The van der Waals surface area contributed by atoms with Crippen LogP contribution in [0.5, 0.6) is 0 Å².